The van der Waals surface area contributed by atoms with Gasteiger partial charge in [-0.1, -0.05) is 23.2 Å². The lowest BCUT2D eigenvalue weighted by atomic mass is 10.3. The Hall–Kier alpha value is 0.0400. The number of halogens is 2. The van der Waals surface area contributed by atoms with Gasteiger partial charge in [0.15, 0.2) is 0 Å². The lowest BCUT2D eigenvalue weighted by Gasteiger charge is -2.06. The minimum absolute atomic E-state index is 0.514. The van der Waals surface area contributed by atoms with Crippen molar-refractivity contribution in [3.8, 4) is 0 Å². The molecule has 0 aliphatic carbocycles. The Morgan fingerprint density at radius 1 is 1.47 bits per heavy atom. The molecule has 0 spiro atoms. The summed E-state index contributed by atoms with van der Waals surface area (Å²) in [7, 11) is 0. The average molecular weight is 265 g/mol. The molecule has 1 aromatic rings. The Morgan fingerprint density at radius 3 is 2.80 bits per heavy atom. The Bertz CT molecular complexity index is 308. The van der Waals surface area contributed by atoms with Crippen LogP contribution in [0.4, 0.5) is 0 Å². The van der Waals surface area contributed by atoms with Gasteiger partial charge in [0, 0.05) is 22.0 Å². The van der Waals surface area contributed by atoms with E-state index in [2.05, 4.69) is 4.98 Å². The van der Waals surface area contributed by atoms with Crippen molar-refractivity contribution in [3.05, 3.63) is 27.5 Å². The molecule has 0 radical (unpaired) electrons. The molecule has 0 bridgehead atoms. The molecule has 0 aliphatic heterocycles. The zero-order chi connectivity index (χ0) is 11.3. The molecular formula is C10H14Cl2N2S. The number of aromatic nitrogens is 1. The largest absolute Gasteiger partial charge is 0.330 e. The van der Waals surface area contributed by atoms with Gasteiger partial charge in [0.2, 0.25) is 0 Å². The SMILES string of the molecule is Cc1cc(Cl)c(CSCCCN)c(Cl)n1. The number of thioether (sulfide) groups is 1. The topological polar surface area (TPSA) is 38.9 Å². The fourth-order valence-electron chi connectivity index (χ4n) is 1.11. The van der Waals surface area contributed by atoms with E-state index in [1.807, 2.05) is 13.0 Å². The van der Waals surface area contributed by atoms with Crippen molar-refractivity contribution in [2.75, 3.05) is 12.3 Å². The van der Waals surface area contributed by atoms with Gasteiger partial charge in [0.1, 0.15) is 5.15 Å². The first kappa shape index (κ1) is 13.1. The Kier molecular flexibility index (Phi) is 5.75. The molecule has 1 heterocycles. The van der Waals surface area contributed by atoms with E-state index in [-0.39, 0.29) is 0 Å². The van der Waals surface area contributed by atoms with Crippen molar-refractivity contribution >= 4 is 35.0 Å². The van der Waals surface area contributed by atoms with Crippen molar-refractivity contribution in [1.29, 1.82) is 0 Å². The van der Waals surface area contributed by atoms with Gasteiger partial charge in [-0.3, -0.25) is 0 Å². The summed E-state index contributed by atoms with van der Waals surface area (Å²) in [6, 6.07) is 1.84. The van der Waals surface area contributed by atoms with E-state index in [1.165, 1.54) is 0 Å². The van der Waals surface area contributed by atoms with Gasteiger partial charge in [-0.2, -0.15) is 11.8 Å². The molecule has 0 saturated heterocycles. The standard InChI is InChI=1S/C10H14Cl2N2S/c1-7-5-9(11)8(10(12)14-7)6-15-4-2-3-13/h5H,2-4,6,13H2,1H3. The minimum Gasteiger partial charge on any atom is -0.330 e. The van der Waals surface area contributed by atoms with Crippen LogP contribution in [-0.2, 0) is 5.75 Å². The second kappa shape index (κ2) is 6.59. The van der Waals surface area contributed by atoms with Crippen molar-refractivity contribution in [1.82, 2.24) is 4.98 Å². The number of hydrogen-bond donors (Lipinski definition) is 1. The zero-order valence-electron chi connectivity index (χ0n) is 8.59. The van der Waals surface area contributed by atoms with E-state index in [9.17, 15) is 0 Å². The van der Waals surface area contributed by atoms with E-state index in [0.717, 1.165) is 35.7 Å². The maximum Gasteiger partial charge on any atom is 0.134 e. The average Bonchev–Trinajstić information content (AvgIpc) is 2.15. The number of aryl methyl sites for hydroxylation is 1. The van der Waals surface area contributed by atoms with Crippen LogP contribution in [0.25, 0.3) is 0 Å². The van der Waals surface area contributed by atoms with Crippen LogP contribution in [0, 0.1) is 6.92 Å². The lowest BCUT2D eigenvalue weighted by molar-refractivity contribution is 0.943. The number of hydrogen-bond acceptors (Lipinski definition) is 3. The van der Waals surface area contributed by atoms with Crippen molar-refractivity contribution < 1.29 is 0 Å². The van der Waals surface area contributed by atoms with Crippen LogP contribution in [0.15, 0.2) is 6.07 Å². The summed E-state index contributed by atoms with van der Waals surface area (Å²) in [4.78, 5) is 4.18. The van der Waals surface area contributed by atoms with Crippen LogP contribution < -0.4 is 5.73 Å². The van der Waals surface area contributed by atoms with Crippen LogP contribution in [0.3, 0.4) is 0 Å². The molecule has 0 amide bonds. The van der Waals surface area contributed by atoms with Crippen LogP contribution in [0.5, 0.6) is 0 Å². The molecule has 0 unspecified atom stereocenters. The highest BCUT2D eigenvalue weighted by Gasteiger charge is 2.08. The lowest BCUT2D eigenvalue weighted by Crippen LogP contribution is -2.00. The van der Waals surface area contributed by atoms with Crippen molar-refractivity contribution in [2.24, 2.45) is 5.73 Å². The normalized spacial score (nSPS) is 10.7. The van der Waals surface area contributed by atoms with E-state index >= 15 is 0 Å². The molecule has 15 heavy (non-hydrogen) atoms. The van der Waals surface area contributed by atoms with Gasteiger partial charge in [0.05, 0.1) is 0 Å². The smallest absolute Gasteiger partial charge is 0.134 e. The van der Waals surface area contributed by atoms with Crippen LogP contribution in [0.2, 0.25) is 10.2 Å². The van der Waals surface area contributed by atoms with Crippen LogP contribution in [0.1, 0.15) is 17.7 Å². The highest BCUT2D eigenvalue weighted by atomic mass is 35.5. The molecule has 0 fully saturated rings. The number of nitrogens with zero attached hydrogens (tertiary/aromatic N) is 1. The van der Waals surface area contributed by atoms with Crippen molar-refractivity contribution in [2.45, 2.75) is 19.1 Å². The molecule has 0 aliphatic rings. The van der Waals surface area contributed by atoms with Gasteiger partial charge in [-0.15, -0.1) is 0 Å². The van der Waals surface area contributed by atoms with Crippen LogP contribution in [-0.4, -0.2) is 17.3 Å². The summed E-state index contributed by atoms with van der Waals surface area (Å²) in [5.41, 5.74) is 7.18. The predicted molar refractivity (Wildman–Crippen MR) is 68.8 cm³/mol. The predicted octanol–water partition coefficient (Wildman–Crippen LogP) is 3.28. The molecule has 0 atom stereocenters. The van der Waals surface area contributed by atoms with Gasteiger partial charge >= 0.3 is 0 Å². The molecule has 84 valence electrons. The maximum atomic E-state index is 6.09. The Balaban J connectivity index is 2.60. The first-order valence-corrected chi connectivity index (χ1v) is 6.65. The quantitative estimate of drug-likeness (QED) is 0.656. The monoisotopic (exact) mass is 264 g/mol. The third kappa shape index (κ3) is 4.19. The van der Waals surface area contributed by atoms with Gasteiger partial charge in [0.25, 0.3) is 0 Å². The molecule has 1 rings (SSSR count). The second-order valence-electron chi connectivity index (χ2n) is 3.21. The highest BCUT2D eigenvalue weighted by molar-refractivity contribution is 7.98. The molecule has 1 aromatic heterocycles. The zero-order valence-corrected chi connectivity index (χ0v) is 10.9. The second-order valence-corrected chi connectivity index (χ2v) is 5.08. The number of nitrogens with two attached hydrogens (primary N) is 1. The first-order valence-electron chi connectivity index (χ1n) is 4.74. The third-order valence-electron chi connectivity index (χ3n) is 1.89. The summed E-state index contributed by atoms with van der Waals surface area (Å²) in [5, 5.41) is 1.22. The van der Waals surface area contributed by atoms with E-state index in [1.54, 1.807) is 11.8 Å². The fraction of sp³-hybridized carbons (Fsp3) is 0.500. The highest BCUT2D eigenvalue weighted by Crippen LogP contribution is 2.27. The first-order chi connectivity index (χ1) is 7.15. The van der Waals surface area contributed by atoms with E-state index in [0.29, 0.717) is 10.2 Å². The molecule has 0 saturated carbocycles. The van der Waals surface area contributed by atoms with Gasteiger partial charge < -0.3 is 5.73 Å². The van der Waals surface area contributed by atoms with E-state index < -0.39 is 0 Å². The summed E-state index contributed by atoms with van der Waals surface area (Å²) in [5.74, 6) is 1.82. The molecular weight excluding hydrogens is 251 g/mol. The number of pyridine rings is 1. The Labute approximate surface area is 105 Å². The van der Waals surface area contributed by atoms with Gasteiger partial charge in [-0.05, 0) is 31.7 Å². The van der Waals surface area contributed by atoms with Crippen molar-refractivity contribution in [3.63, 3.8) is 0 Å². The maximum absolute atomic E-state index is 6.09. The molecule has 2 N–H and O–H groups in total. The summed E-state index contributed by atoms with van der Waals surface area (Å²) in [6.45, 7) is 2.60. The molecule has 0 aromatic carbocycles. The Morgan fingerprint density at radius 2 is 2.20 bits per heavy atom. The number of rotatable bonds is 5. The fourth-order valence-corrected chi connectivity index (χ4v) is 2.95. The van der Waals surface area contributed by atoms with Gasteiger partial charge in [-0.25, -0.2) is 4.98 Å². The molecule has 5 heteroatoms. The van der Waals surface area contributed by atoms with E-state index in [4.69, 9.17) is 28.9 Å². The molecule has 2 nitrogen and oxygen atoms in total. The third-order valence-corrected chi connectivity index (χ3v) is 3.61. The summed E-state index contributed by atoms with van der Waals surface area (Å²) in [6.07, 6.45) is 1.01. The summed E-state index contributed by atoms with van der Waals surface area (Å²) >= 11 is 13.9. The van der Waals surface area contributed by atoms with Crippen LogP contribution >= 0.6 is 35.0 Å². The minimum atomic E-state index is 0.514. The summed E-state index contributed by atoms with van der Waals surface area (Å²) < 4.78 is 0.